The van der Waals surface area contributed by atoms with Gasteiger partial charge in [-0.2, -0.15) is 0 Å². The topological polar surface area (TPSA) is 9.23 Å². The van der Waals surface area contributed by atoms with Crippen LogP contribution in [0.15, 0.2) is 30.3 Å². The Labute approximate surface area is 103 Å². The van der Waals surface area contributed by atoms with Crippen LogP contribution in [0.5, 0.6) is 5.75 Å². The Balaban J connectivity index is 2.59. The maximum atomic E-state index is 13.8. The first kappa shape index (κ1) is 12.5. The molecule has 0 unspecified atom stereocenters. The van der Waals surface area contributed by atoms with Gasteiger partial charge in [0.2, 0.25) is 0 Å². The number of rotatable bonds is 2. The van der Waals surface area contributed by atoms with Crippen LogP contribution in [0.3, 0.4) is 0 Å². The molecule has 94 valence electrons. The average molecular weight is 252 g/mol. The van der Waals surface area contributed by atoms with Crippen molar-refractivity contribution >= 4 is 0 Å². The smallest absolute Gasteiger partial charge is 0.167 e. The van der Waals surface area contributed by atoms with E-state index in [1.165, 1.54) is 38.3 Å². The Morgan fingerprint density at radius 1 is 0.889 bits per heavy atom. The largest absolute Gasteiger partial charge is 0.497 e. The van der Waals surface area contributed by atoms with Gasteiger partial charge in [-0.25, -0.2) is 13.2 Å². The highest BCUT2D eigenvalue weighted by Gasteiger charge is 2.15. The molecule has 0 aliphatic heterocycles. The highest BCUT2D eigenvalue weighted by Crippen LogP contribution is 2.30. The first-order valence-corrected chi connectivity index (χ1v) is 5.33. The third kappa shape index (κ3) is 2.06. The van der Waals surface area contributed by atoms with E-state index in [0.29, 0.717) is 5.75 Å². The maximum absolute atomic E-state index is 13.8. The quantitative estimate of drug-likeness (QED) is 0.782. The minimum Gasteiger partial charge on any atom is -0.497 e. The first-order valence-electron chi connectivity index (χ1n) is 5.33. The monoisotopic (exact) mass is 252 g/mol. The Morgan fingerprint density at radius 2 is 1.56 bits per heavy atom. The van der Waals surface area contributed by atoms with Gasteiger partial charge in [-0.05, 0) is 24.6 Å². The van der Waals surface area contributed by atoms with Crippen LogP contribution in [0.2, 0.25) is 0 Å². The molecule has 2 rings (SSSR count). The molecule has 0 amide bonds. The zero-order valence-electron chi connectivity index (χ0n) is 9.93. The lowest BCUT2D eigenvalue weighted by Crippen LogP contribution is -1.95. The second-order valence-electron chi connectivity index (χ2n) is 3.90. The van der Waals surface area contributed by atoms with Gasteiger partial charge in [0.1, 0.15) is 11.6 Å². The second kappa shape index (κ2) is 4.72. The third-order valence-corrected chi connectivity index (χ3v) is 2.74. The van der Waals surface area contributed by atoms with E-state index in [0.717, 1.165) is 6.07 Å². The van der Waals surface area contributed by atoms with E-state index in [9.17, 15) is 13.2 Å². The normalized spacial score (nSPS) is 10.5. The molecule has 0 N–H and O–H groups in total. The molecule has 2 aromatic carbocycles. The van der Waals surface area contributed by atoms with Gasteiger partial charge in [0.15, 0.2) is 11.6 Å². The zero-order valence-corrected chi connectivity index (χ0v) is 9.93. The Kier molecular flexibility index (Phi) is 3.28. The molecule has 0 spiro atoms. The van der Waals surface area contributed by atoms with Crippen molar-refractivity contribution in [1.29, 1.82) is 0 Å². The number of ether oxygens (including phenoxy) is 1. The van der Waals surface area contributed by atoms with E-state index < -0.39 is 17.5 Å². The van der Waals surface area contributed by atoms with Crippen molar-refractivity contribution in [2.75, 3.05) is 7.11 Å². The summed E-state index contributed by atoms with van der Waals surface area (Å²) in [5, 5.41) is 0. The van der Waals surface area contributed by atoms with Gasteiger partial charge in [0.25, 0.3) is 0 Å². The number of methoxy groups -OCH3 is 1. The van der Waals surface area contributed by atoms with Crippen molar-refractivity contribution in [2.45, 2.75) is 6.92 Å². The second-order valence-corrected chi connectivity index (χ2v) is 3.90. The fraction of sp³-hybridized carbons (Fsp3) is 0.143. The summed E-state index contributed by atoms with van der Waals surface area (Å²) >= 11 is 0. The molecule has 2 aromatic rings. The van der Waals surface area contributed by atoms with Crippen LogP contribution < -0.4 is 4.74 Å². The molecule has 0 aliphatic carbocycles. The molecule has 0 radical (unpaired) electrons. The van der Waals surface area contributed by atoms with E-state index in [-0.39, 0.29) is 16.7 Å². The van der Waals surface area contributed by atoms with Crippen LogP contribution in [0.25, 0.3) is 11.1 Å². The molecule has 0 aromatic heterocycles. The van der Waals surface area contributed by atoms with Crippen LogP contribution in [-0.4, -0.2) is 7.11 Å². The van der Waals surface area contributed by atoms with Gasteiger partial charge in [-0.3, -0.25) is 0 Å². The summed E-state index contributed by atoms with van der Waals surface area (Å²) in [6.45, 7) is 1.45. The molecule has 0 atom stereocenters. The van der Waals surface area contributed by atoms with Crippen molar-refractivity contribution in [3.8, 4) is 16.9 Å². The van der Waals surface area contributed by atoms with Crippen LogP contribution in [0, 0.1) is 24.4 Å². The SMILES string of the molecule is COc1ccc(-c2ccc(C)c(F)c2F)c(F)c1. The zero-order chi connectivity index (χ0) is 13.3. The lowest BCUT2D eigenvalue weighted by molar-refractivity contribution is 0.411. The molecular formula is C14H11F3O. The van der Waals surface area contributed by atoms with Gasteiger partial charge in [0.05, 0.1) is 7.11 Å². The van der Waals surface area contributed by atoms with Gasteiger partial charge in [0, 0.05) is 17.2 Å². The summed E-state index contributed by atoms with van der Waals surface area (Å²) in [6.07, 6.45) is 0. The van der Waals surface area contributed by atoms with Crippen molar-refractivity contribution in [2.24, 2.45) is 0 Å². The maximum Gasteiger partial charge on any atom is 0.167 e. The molecule has 4 heteroatoms. The molecule has 0 bridgehead atoms. The summed E-state index contributed by atoms with van der Waals surface area (Å²) in [4.78, 5) is 0. The summed E-state index contributed by atoms with van der Waals surface area (Å²) in [5.41, 5.74) is 0.0932. The molecule has 0 saturated carbocycles. The van der Waals surface area contributed by atoms with Crippen LogP contribution >= 0.6 is 0 Å². The Morgan fingerprint density at radius 3 is 2.17 bits per heavy atom. The number of benzene rings is 2. The summed E-state index contributed by atoms with van der Waals surface area (Å²) in [6, 6.07) is 6.76. The molecule has 0 aliphatic rings. The Hall–Kier alpha value is -1.97. The van der Waals surface area contributed by atoms with Crippen LogP contribution in [0.4, 0.5) is 13.2 Å². The van der Waals surface area contributed by atoms with E-state index in [4.69, 9.17) is 4.74 Å². The number of halogens is 3. The minimum atomic E-state index is -1.04. The first-order chi connectivity index (χ1) is 8.54. The highest BCUT2D eigenvalue weighted by molar-refractivity contribution is 5.66. The van der Waals surface area contributed by atoms with Crippen molar-refractivity contribution < 1.29 is 17.9 Å². The molecule has 1 nitrogen and oxygen atoms in total. The number of aryl methyl sites for hydroxylation is 1. The van der Waals surface area contributed by atoms with Gasteiger partial charge >= 0.3 is 0 Å². The summed E-state index contributed by atoms with van der Waals surface area (Å²) in [7, 11) is 1.40. The van der Waals surface area contributed by atoms with Crippen molar-refractivity contribution in [3.05, 3.63) is 53.3 Å². The minimum absolute atomic E-state index is 0.00667. The molecule has 18 heavy (non-hydrogen) atoms. The van der Waals surface area contributed by atoms with Gasteiger partial charge < -0.3 is 4.74 Å². The number of hydrogen-bond donors (Lipinski definition) is 0. The Bertz CT molecular complexity index is 594. The fourth-order valence-corrected chi connectivity index (χ4v) is 1.70. The van der Waals surface area contributed by atoms with E-state index in [2.05, 4.69) is 0 Å². The average Bonchev–Trinajstić information content (AvgIpc) is 2.37. The van der Waals surface area contributed by atoms with Gasteiger partial charge in [-0.1, -0.05) is 12.1 Å². The predicted molar refractivity (Wildman–Crippen MR) is 63.0 cm³/mol. The van der Waals surface area contributed by atoms with Crippen molar-refractivity contribution in [3.63, 3.8) is 0 Å². The fourth-order valence-electron chi connectivity index (χ4n) is 1.70. The van der Waals surface area contributed by atoms with Crippen LogP contribution in [0.1, 0.15) is 5.56 Å². The summed E-state index contributed by atoms with van der Waals surface area (Å²) < 4.78 is 45.8. The van der Waals surface area contributed by atoms with Crippen molar-refractivity contribution in [1.82, 2.24) is 0 Å². The molecule has 0 saturated heterocycles. The lowest BCUT2D eigenvalue weighted by Gasteiger charge is -2.08. The molecule has 0 fully saturated rings. The van der Waals surface area contributed by atoms with E-state index in [1.54, 1.807) is 0 Å². The number of hydrogen-bond acceptors (Lipinski definition) is 1. The summed E-state index contributed by atoms with van der Waals surface area (Å²) in [5.74, 6) is -2.33. The lowest BCUT2D eigenvalue weighted by atomic mass is 10.0. The third-order valence-electron chi connectivity index (χ3n) is 2.74. The van der Waals surface area contributed by atoms with E-state index in [1.807, 2.05) is 0 Å². The standard InChI is InChI=1S/C14H11F3O/c1-8-3-5-11(14(17)13(8)16)10-6-4-9(18-2)7-12(10)15/h3-7H,1-2H3. The van der Waals surface area contributed by atoms with E-state index >= 15 is 0 Å². The molecular weight excluding hydrogens is 241 g/mol. The van der Waals surface area contributed by atoms with Crippen LogP contribution in [-0.2, 0) is 0 Å². The highest BCUT2D eigenvalue weighted by atomic mass is 19.2. The molecule has 0 heterocycles. The van der Waals surface area contributed by atoms with Gasteiger partial charge in [-0.15, -0.1) is 0 Å². The predicted octanol–water partition coefficient (Wildman–Crippen LogP) is 4.09.